The summed E-state index contributed by atoms with van der Waals surface area (Å²) in [5, 5.41) is 0. The fourth-order valence-electron chi connectivity index (χ4n) is 1.63. The minimum absolute atomic E-state index is 0.804. The molecule has 0 saturated heterocycles. The van der Waals surface area contributed by atoms with Gasteiger partial charge in [0.25, 0.3) is 0 Å². The number of hydrogen-bond donors (Lipinski definition) is 0. The van der Waals surface area contributed by atoms with Gasteiger partial charge in [-0.3, -0.25) is 4.79 Å². The van der Waals surface area contributed by atoms with Crippen molar-refractivity contribution in [2.24, 2.45) is 0 Å². The summed E-state index contributed by atoms with van der Waals surface area (Å²) < 4.78 is 2.23. The van der Waals surface area contributed by atoms with E-state index < -0.39 is 0 Å². The van der Waals surface area contributed by atoms with Crippen LogP contribution in [0.2, 0.25) is 0 Å². The molecule has 0 atom stereocenters. The largest absolute Gasteiger partial charge is 0.349 e. The third-order valence-corrected chi connectivity index (χ3v) is 2.28. The molecule has 2 heteroatoms. The number of carbonyl (C=O) groups is 1. The van der Waals surface area contributed by atoms with Crippen LogP contribution in [-0.4, -0.2) is 10.9 Å². The first-order valence-corrected chi connectivity index (χ1v) is 4.49. The lowest BCUT2D eigenvalue weighted by atomic mass is 10.2. The maximum Gasteiger partial charge on any atom is 0.142 e. The van der Waals surface area contributed by atoms with Crippen molar-refractivity contribution < 1.29 is 4.79 Å². The monoisotopic (exact) mass is 177 g/mol. The van der Waals surface area contributed by atoms with E-state index in [1.165, 1.54) is 17.5 Å². The summed E-state index contributed by atoms with van der Waals surface area (Å²) in [6.07, 6.45) is 4.18. The zero-order valence-corrected chi connectivity index (χ0v) is 8.37. The minimum atomic E-state index is 0.804. The highest BCUT2D eigenvalue weighted by Gasteiger charge is 2.03. The average Bonchev–Trinajstić information content (AvgIpc) is 2.38. The van der Waals surface area contributed by atoms with E-state index in [4.69, 9.17) is 0 Å². The molecule has 0 saturated carbocycles. The molecule has 2 nitrogen and oxygen atoms in total. The van der Waals surface area contributed by atoms with Gasteiger partial charge in [-0.1, -0.05) is 0 Å². The average molecular weight is 177 g/mol. The highest BCUT2D eigenvalue weighted by atomic mass is 16.1. The van der Waals surface area contributed by atoms with Gasteiger partial charge in [0.15, 0.2) is 0 Å². The van der Waals surface area contributed by atoms with Gasteiger partial charge in [-0.15, -0.1) is 0 Å². The molecule has 1 heterocycles. The van der Waals surface area contributed by atoms with Gasteiger partial charge < -0.3 is 4.57 Å². The molecule has 0 bridgehead atoms. The van der Waals surface area contributed by atoms with E-state index in [1.807, 2.05) is 6.08 Å². The summed E-state index contributed by atoms with van der Waals surface area (Å²) in [7, 11) is 0. The van der Waals surface area contributed by atoms with E-state index in [-0.39, 0.29) is 0 Å². The highest BCUT2D eigenvalue weighted by molar-refractivity contribution is 5.74. The molecule has 1 aromatic rings. The van der Waals surface area contributed by atoms with Gasteiger partial charge in [-0.05, 0) is 44.6 Å². The Hall–Kier alpha value is -1.31. The van der Waals surface area contributed by atoms with Gasteiger partial charge in [0, 0.05) is 17.9 Å². The molecule has 0 radical (unpaired) electrons. The van der Waals surface area contributed by atoms with Crippen molar-refractivity contribution in [1.82, 2.24) is 4.57 Å². The first kappa shape index (κ1) is 9.78. The highest BCUT2D eigenvalue weighted by Crippen LogP contribution is 2.15. The molecule has 1 rings (SSSR count). The molecule has 0 amide bonds. The molecule has 13 heavy (non-hydrogen) atoms. The zero-order valence-electron chi connectivity index (χ0n) is 8.37. The lowest BCUT2D eigenvalue weighted by Gasteiger charge is -2.04. The lowest BCUT2D eigenvalue weighted by molar-refractivity contribution is -0.104. The van der Waals surface area contributed by atoms with E-state index >= 15 is 0 Å². The van der Waals surface area contributed by atoms with Crippen LogP contribution in [0.1, 0.15) is 23.9 Å². The summed E-state index contributed by atoms with van der Waals surface area (Å²) >= 11 is 0. The van der Waals surface area contributed by atoms with Crippen LogP contribution in [0.4, 0.5) is 0 Å². The van der Waals surface area contributed by atoms with Gasteiger partial charge >= 0.3 is 0 Å². The van der Waals surface area contributed by atoms with Crippen molar-refractivity contribution in [3.63, 3.8) is 0 Å². The van der Waals surface area contributed by atoms with E-state index in [0.29, 0.717) is 0 Å². The number of carbonyl (C=O) groups excluding carboxylic acids is 1. The maximum atomic E-state index is 10.2. The van der Waals surface area contributed by atoms with Crippen LogP contribution >= 0.6 is 0 Å². The summed E-state index contributed by atoms with van der Waals surface area (Å²) in [6, 6.07) is 2.10. The molecule has 0 spiro atoms. The third kappa shape index (κ3) is 1.89. The molecular formula is C11H15NO. The zero-order chi connectivity index (χ0) is 9.84. The van der Waals surface area contributed by atoms with E-state index in [9.17, 15) is 4.79 Å². The normalized spacial score (nSPS) is 11.0. The summed E-state index contributed by atoms with van der Waals surface area (Å²) in [5.74, 6) is 0. The molecular weight excluding hydrogens is 162 g/mol. The van der Waals surface area contributed by atoms with Crippen LogP contribution in [0, 0.1) is 13.8 Å². The molecule has 0 aliphatic rings. The molecule has 0 unspecified atom stereocenters. The van der Waals surface area contributed by atoms with E-state index in [1.54, 1.807) is 0 Å². The molecule has 0 aromatic carbocycles. The fraction of sp³-hybridized carbons (Fsp3) is 0.364. The number of aryl methyl sites for hydroxylation is 1. The molecule has 0 fully saturated rings. The Labute approximate surface area is 78.9 Å². The second kappa shape index (κ2) is 4.08. The lowest BCUT2D eigenvalue weighted by Crippen LogP contribution is -1.98. The van der Waals surface area contributed by atoms with Gasteiger partial charge in [-0.2, -0.15) is 0 Å². The number of hydrogen-bond acceptors (Lipinski definition) is 1. The van der Waals surface area contributed by atoms with Crippen LogP contribution in [0.5, 0.6) is 0 Å². The van der Waals surface area contributed by atoms with Crippen molar-refractivity contribution in [1.29, 1.82) is 0 Å². The SMILES string of the molecule is CCn1c(C)cc(/C=C/C=O)c1C. The molecule has 1 aromatic heterocycles. The number of rotatable bonds is 3. The second-order valence-electron chi connectivity index (χ2n) is 3.07. The number of allylic oxidation sites excluding steroid dienone is 1. The minimum Gasteiger partial charge on any atom is -0.349 e. The first-order chi connectivity index (χ1) is 6.20. The van der Waals surface area contributed by atoms with Crippen LogP contribution in [-0.2, 0) is 11.3 Å². The Morgan fingerprint density at radius 3 is 2.62 bits per heavy atom. The van der Waals surface area contributed by atoms with Gasteiger partial charge in [-0.25, -0.2) is 0 Å². The number of aromatic nitrogens is 1. The Morgan fingerprint density at radius 1 is 1.46 bits per heavy atom. The molecule has 0 aliphatic heterocycles. The van der Waals surface area contributed by atoms with E-state index in [2.05, 4.69) is 31.4 Å². The third-order valence-electron chi connectivity index (χ3n) is 2.28. The Bertz CT molecular complexity index is 334. The molecule has 0 aliphatic carbocycles. The number of nitrogens with zero attached hydrogens (tertiary/aromatic N) is 1. The van der Waals surface area contributed by atoms with Crippen molar-refractivity contribution in [2.75, 3.05) is 0 Å². The van der Waals surface area contributed by atoms with Crippen molar-refractivity contribution in [2.45, 2.75) is 27.3 Å². The van der Waals surface area contributed by atoms with Crippen LogP contribution < -0.4 is 0 Å². The Kier molecular flexibility index (Phi) is 3.07. The molecule has 70 valence electrons. The van der Waals surface area contributed by atoms with Crippen molar-refractivity contribution in [3.8, 4) is 0 Å². The topological polar surface area (TPSA) is 22.0 Å². The van der Waals surface area contributed by atoms with Gasteiger partial charge in [0.1, 0.15) is 6.29 Å². The second-order valence-corrected chi connectivity index (χ2v) is 3.07. The quantitative estimate of drug-likeness (QED) is 0.513. The van der Waals surface area contributed by atoms with Crippen LogP contribution in [0.15, 0.2) is 12.1 Å². The standard InChI is InChI=1S/C11H15NO/c1-4-12-9(2)8-11(10(12)3)6-5-7-13/h5-8H,4H2,1-3H3/b6-5+. The van der Waals surface area contributed by atoms with Crippen molar-refractivity contribution >= 4 is 12.4 Å². The predicted octanol–water partition coefficient (Wildman–Crippen LogP) is 2.34. The smallest absolute Gasteiger partial charge is 0.142 e. The predicted molar refractivity (Wildman–Crippen MR) is 54.7 cm³/mol. The van der Waals surface area contributed by atoms with Crippen LogP contribution in [0.25, 0.3) is 6.08 Å². The Morgan fingerprint density at radius 2 is 2.15 bits per heavy atom. The first-order valence-electron chi connectivity index (χ1n) is 4.49. The Balaban J connectivity index is 3.10. The summed E-state index contributed by atoms with van der Waals surface area (Å²) in [6.45, 7) is 7.25. The number of aldehydes is 1. The van der Waals surface area contributed by atoms with E-state index in [0.717, 1.165) is 18.4 Å². The van der Waals surface area contributed by atoms with Gasteiger partial charge in [0.2, 0.25) is 0 Å². The molecule has 0 N–H and O–H groups in total. The van der Waals surface area contributed by atoms with Gasteiger partial charge in [0.05, 0.1) is 0 Å². The summed E-state index contributed by atoms with van der Waals surface area (Å²) in [4.78, 5) is 10.2. The summed E-state index contributed by atoms with van der Waals surface area (Å²) in [5.41, 5.74) is 3.59. The maximum absolute atomic E-state index is 10.2. The fourth-order valence-corrected chi connectivity index (χ4v) is 1.63. The van der Waals surface area contributed by atoms with Crippen LogP contribution in [0.3, 0.4) is 0 Å². The van der Waals surface area contributed by atoms with Crippen molar-refractivity contribution in [3.05, 3.63) is 29.1 Å².